The smallest absolute Gasteiger partial charge is 0.0386 e. The van der Waals surface area contributed by atoms with Crippen LogP contribution in [0.1, 0.15) is 38.5 Å². The Morgan fingerprint density at radius 2 is 2.07 bits per heavy atom. The molecule has 80 valence electrons. The van der Waals surface area contributed by atoms with Crippen LogP contribution in [0.25, 0.3) is 0 Å². The lowest BCUT2D eigenvalue weighted by atomic mass is 10.0. The summed E-state index contributed by atoms with van der Waals surface area (Å²) in [6.45, 7) is 0. The Bertz CT molecular complexity index is 316. The molecule has 1 heteroatoms. The zero-order valence-electron chi connectivity index (χ0n) is 9.21. The van der Waals surface area contributed by atoms with E-state index in [0.29, 0.717) is 0 Å². The quantitative estimate of drug-likeness (QED) is 0.664. The monoisotopic (exact) mass is 201 g/mol. The molecule has 0 aromatic rings. The Labute approximate surface area is 92.1 Å². The second kappa shape index (κ2) is 5.11. The van der Waals surface area contributed by atoms with Crippen molar-refractivity contribution >= 4 is 5.71 Å². The Hall–Kier alpha value is -1.11. The number of allylic oxidation sites excluding steroid dienone is 6. The molecule has 1 fully saturated rings. The zero-order chi connectivity index (χ0) is 10.5. The molecular formula is C14H19N. The van der Waals surface area contributed by atoms with Crippen molar-refractivity contribution in [1.82, 2.24) is 0 Å². The fourth-order valence-electron chi connectivity index (χ4n) is 1.83. The Morgan fingerprint density at radius 3 is 2.87 bits per heavy atom. The summed E-state index contributed by atoms with van der Waals surface area (Å²) in [5, 5.41) is 8.02. The molecule has 1 nitrogen and oxygen atoms in total. The summed E-state index contributed by atoms with van der Waals surface area (Å²) < 4.78 is 0. The minimum absolute atomic E-state index is 0.810. The highest BCUT2D eigenvalue weighted by Crippen LogP contribution is 2.33. The van der Waals surface area contributed by atoms with Gasteiger partial charge >= 0.3 is 0 Å². The molecular weight excluding hydrogens is 182 g/mol. The van der Waals surface area contributed by atoms with Crippen LogP contribution in [0, 0.1) is 11.3 Å². The predicted molar refractivity (Wildman–Crippen MR) is 65.3 cm³/mol. The SMILES string of the molecule is N=C(CCC1CC1)C1=C/C=C\CCC=C1. The number of hydrogen-bond acceptors (Lipinski definition) is 1. The van der Waals surface area contributed by atoms with E-state index in [4.69, 9.17) is 5.41 Å². The lowest BCUT2D eigenvalue weighted by molar-refractivity contribution is 0.757. The second-order valence-electron chi connectivity index (χ2n) is 4.49. The fourth-order valence-corrected chi connectivity index (χ4v) is 1.83. The van der Waals surface area contributed by atoms with Crippen molar-refractivity contribution in [2.24, 2.45) is 5.92 Å². The van der Waals surface area contributed by atoms with E-state index in [-0.39, 0.29) is 0 Å². The van der Waals surface area contributed by atoms with Crippen molar-refractivity contribution in [2.75, 3.05) is 0 Å². The zero-order valence-corrected chi connectivity index (χ0v) is 9.21. The highest BCUT2D eigenvalue weighted by Gasteiger charge is 2.21. The highest BCUT2D eigenvalue weighted by molar-refractivity contribution is 6.00. The maximum atomic E-state index is 8.02. The van der Waals surface area contributed by atoms with Gasteiger partial charge < -0.3 is 5.41 Å². The maximum Gasteiger partial charge on any atom is 0.0386 e. The molecule has 0 aromatic carbocycles. The second-order valence-corrected chi connectivity index (χ2v) is 4.49. The molecule has 0 amide bonds. The third-order valence-electron chi connectivity index (χ3n) is 3.06. The molecule has 0 aromatic heterocycles. The van der Waals surface area contributed by atoms with E-state index in [1.54, 1.807) is 0 Å². The van der Waals surface area contributed by atoms with Gasteiger partial charge in [0, 0.05) is 5.71 Å². The first-order valence-electron chi connectivity index (χ1n) is 5.97. The Kier molecular flexibility index (Phi) is 3.54. The highest BCUT2D eigenvalue weighted by atomic mass is 14.4. The molecule has 15 heavy (non-hydrogen) atoms. The van der Waals surface area contributed by atoms with Crippen LogP contribution in [0.2, 0.25) is 0 Å². The van der Waals surface area contributed by atoms with Crippen molar-refractivity contribution in [3.8, 4) is 0 Å². The van der Waals surface area contributed by atoms with Crippen molar-refractivity contribution in [2.45, 2.75) is 38.5 Å². The van der Waals surface area contributed by atoms with Gasteiger partial charge in [-0.2, -0.15) is 0 Å². The molecule has 0 atom stereocenters. The van der Waals surface area contributed by atoms with Crippen LogP contribution >= 0.6 is 0 Å². The van der Waals surface area contributed by atoms with Crippen molar-refractivity contribution in [3.05, 3.63) is 36.0 Å². The molecule has 2 aliphatic rings. The first-order valence-corrected chi connectivity index (χ1v) is 5.97. The average molecular weight is 201 g/mol. The lowest BCUT2D eigenvalue weighted by Gasteiger charge is -2.05. The van der Waals surface area contributed by atoms with E-state index in [0.717, 1.165) is 36.5 Å². The molecule has 0 spiro atoms. The molecule has 0 unspecified atom stereocenters. The van der Waals surface area contributed by atoms with Gasteiger partial charge in [-0.25, -0.2) is 0 Å². The molecule has 0 heterocycles. The van der Waals surface area contributed by atoms with Crippen molar-refractivity contribution in [3.63, 3.8) is 0 Å². The average Bonchev–Trinajstić information content (AvgIpc) is 2.97. The molecule has 0 bridgehead atoms. The van der Waals surface area contributed by atoms with Gasteiger partial charge in [0.2, 0.25) is 0 Å². The van der Waals surface area contributed by atoms with Crippen LogP contribution in [0.4, 0.5) is 0 Å². The summed E-state index contributed by atoms with van der Waals surface area (Å²) in [5.74, 6) is 0.930. The first-order chi connectivity index (χ1) is 7.36. The van der Waals surface area contributed by atoms with Gasteiger partial charge in [-0.1, -0.05) is 43.2 Å². The number of hydrogen-bond donors (Lipinski definition) is 1. The minimum atomic E-state index is 0.810. The Balaban J connectivity index is 1.90. The number of rotatable bonds is 4. The molecule has 0 aliphatic heterocycles. The van der Waals surface area contributed by atoms with Crippen LogP contribution in [-0.4, -0.2) is 5.71 Å². The van der Waals surface area contributed by atoms with Gasteiger partial charge in [0.05, 0.1) is 0 Å². The summed E-state index contributed by atoms with van der Waals surface area (Å²) in [6, 6.07) is 0. The van der Waals surface area contributed by atoms with E-state index < -0.39 is 0 Å². The molecule has 1 saturated carbocycles. The van der Waals surface area contributed by atoms with Gasteiger partial charge in [-0.05, 0) is 37.2 Å². The van der Waals surface area contributed by atoms with Crippen molar-refractivity contribution in [1.29, 1.82) is 5.41 Å². The van der Waals surface area contributed by atoms with Gasteiger partial charge in [-0.3, -0.25) is 0 Å². The normalized spacial score (nSPS) is 22.8. The summed E-state index contributed by atoms with van der Waals surface area (Å²) in [5.41, 5.74) is 1.91. The first kappa shape index (κ1) is 10.4. The molecule has 1 N–H and O–H groups in total. The standard InChI is InChI=1S/C14H19N/c15-14(11-10-12-8-9-12)13-6-4-2-1-3-5-7-13/h2,4-7,12,15H,1,3,8-11H2/b4-2-,7-5?,13-6?,15-14?. The van der Waals surface area contributed by atoms with Crippen LogP contribution < -0.4 is 0 Å². The fraction of sp³-hybridized carbons (Fsp3) is 0.500. The molecule has 2 aliphatic carbocycles. The van der Waals surface area contributed by atoms with Gasteiger partial charge in [0.1, 0.15) is 0 Å². The summed E-state index contributed by atoms with van der Waals surface area (Å²) in [4.78, 5) is 0. The number of nitrogens with one attached hydrogen (secondary N) is 1. The molecule has 0 saturated heterocycles. The van der Waals surface area contributed by atoms with Crippen molar-refractivity contribution < 1.29 is 0 Å². The van der Waals surface area contributed by atoms with Gasteiger partial charge in [0.25, 0.3) is 0 Å². The predicted octanol–water partition coefficient (Wildman–Crippen LogP) is 4.03. The Morgan fingerprint density at radius 1 is 1.27 bits per heavy atom. The van der Waals surface area contributed by atoms with E-state index in [1.807, 2.05) is 0 Å². The van der Waals surface area contributed by atoms with E-state index in [2.05, 4.69) is 30.4 Å². The topological polar surface area (TPSA) is 23.9 Å². The third kappa shape index (κ3) is 3.50. The van der Waals surface area contributed by atoms with E-state index >= 15 is 0 Å². The largest absolute Gasteiger partial charge is 0.305 e. The maximum absolute atomic E-state index is 8.02. The molecule has 2 rings (SSSR count). The third-order valence-corrected chi connectivity index (χ3v) is 3.06. The minimum Gasteiger partial charge on any atom is -0.305 e. The van der Waals surface area contributed by atoms with Crippen LogP contribution in [0.15, 0.2) is 36.0 Å². The molecule has 0 radical (unpaired) electrons. The van der Waals surface area contributed by atoms with E-state index in [9.17, 15) is 0 Å². The van der Waals surface area contributed by atoms with Gasteiger partial charge in [0.15, 0.2) is 0 Å². The van der Waals surface area contributed by atoms with Crippen LogP contribution in [0.5, 0.6) is 0 Å². The van der Waals surface area contributed by atoms with Crippen LogP contribution in [-0.2, 0) is 0 Å². The summed E-state index contributed by atoms with van der Waals surface area (Å²) in [7, 11) is 0. The van der Waals surface area contributed by atoms with E-state index in [1.165, 1.54) is 19.3 Å². The lowest BCUT2D eigenvalue weighted by Crippen LogP contribution is -2.00. The summed E-state index contributed by atoms with van der Waals surface area (Å²) in [6.07, 6.45) is 17.8. The van der Waals surface area contributed by atoms with Crippen LogP contribution in [0.3, 0.4) is 0 Å². The summed E-state index contributed by atoms with van der Waals surface area (Å²) >= 11 is 0. The van der Waals surface area contributed by atoms with Gasteiger partial charge in [-0.15, -0.1) is 0 Å².